The van der Waals surface area contributed by atoms with Crippen LogP contribution >= 0.6 is 0 Å². The molecule has 0 atom stereocenters. The summed E-state index contributed by atoms with van der Waals surface area (Å²) in [6.45, 7) is 8.61. The van der Waals surface area contributed by atoms with Crippen LogP contribution in [0.15, 0.2) is 0 Å². The summed E-state index contributed by atoms with van der Waals surface area (Å²) in [6.07, 6.45) is 0.213. The van der Waals surface area contributed by atoms with E-state index >= 15 is 0 Å². The van der Waals surface area contributed by atoms with Gasteiger partial charge in [-0.25, -0.2) is 0 Å². The molecule has 0 aliphatic rings. The fraction of sp³-hybridized carbons (Fsp3) is 0.818. The van der Waals surface area contributed by atoms with Crippen molar-refractivity contribution in [3.05, 3.63) is 0 Å². The minimum Gasteiger partial charge on any atom is -0.370 e. The second-order valence-electron chi connectivity index (χ2n) is 5.08. The average Bonchev–Trinajstić information content (AvgIpc) is 2.09. The molecular formula is C11H23N3O2. The maximum absolute atomic E-state index is 11.4. The molecule has 0 spiro atoms. The predicted molar refractivity (Wildman–Crippen MR) is 63.7 cm³/mol. The molecule has 4 N–H and O–H groups in total. The molecule has 0 saturated heterocycles. The molecule has 16 heavy (non-hydrogen) atoms. The summed E-state index contributed by atoms with van der Waals surface area (Å²) in [5.74, 6) is -0.00564. The zero-order chi connectivity index (χ0) is 12.8. The van der Waals surface area contributed by atoms with E-state index in [0.29, 0.717) is 12.5 Å². The largest absolute Gasteiger partial charge is 0.370 e. The van der Waals surface area contributed by atoms with Gasteiger partial charge in [-0.05, 0) is 19.8 Å². The van der Waals surface area contributed by atoms with Crippen LogP contribution in [0.5, 0.6) is 0 Å². The van der Waals surface area contributed by atoms with E-state index in [1.165, 1.54) is 0 Å². The number of amides is 2. The SMILES string of the molecule is CC(C)CNC(=O)CNC(C)(C)CC(N)=O. The van der Waals surface area contributed by atoms with Crippen molar-refractivity contribution in [2.45, 2.75) is 39.7 Å². The van der Waals surface area contributed by atoms with E-state index < -0.39 is 5.54 Å². The summed E-state index contributed by atoms with van der Waals surface area (Å²) in [4.78, 5) is 22.1. The van der Waals surface area contributed by atoms with E-state index in [1.807, 2.05) is 27.7 Å². The highest BCUT2D eigenvalue weighted by Crippen LogP contribution is 2.06. The van der Waals surface area contributed by atoms with Crippen LogP contribution in [0.4, 0.5) is 0 Å². The van der Waals surface area contributed by atoms with E-state index in [1.54, 1.807) is 0 Å². The topological polar surface area (TPSA) is 84.2 Å². The van der Waals surface area contributed by atoms with Crippen LogP contribution in [0.3, 0.4) is 0 Å². The highest BCUT2D eigenvalue weighted by Gasteiger charge is 2.20. The summed E-state index contributed by atoms with van der Waals surface area (Å²) < 4.78 is 0. The number of carbonyl (C=O) groups is 2. The zero-order valence-electron chi connectivity index (χ0n) is 10.6. The van der Waals surface area contributed by atoms with Crippen LogP contribution in [0.1, 0.15) is 34.1 Å². The molecule has 0 bridgehead atoms. The summed E-state index contributed by atoms with van der Waals surface area (Å²) in [5, 5.41) is 5.79. The van der Waals surface area contributed by atoms with E-state index in [-0.39, 0.29) is 24.8 Å². The number of carbonyl (C=O) groups excluding carboxylic acids is 2. The Bertz CT molecular complexity index is 250. The van der Waals surface area contributed by atoms with Crippen molar-refractivity contribution in [1.29, 1.82) is 0 Å². The number of hydrogen-bond acceptors (Lipinski definition) is 3. The molecule has 0 radical (unpaired) electrons. The van der Waals surface area contributed by atoms with Gasteiger partial charge in [-0.15, -0.1) is 0 Å². The molecule has 0 aromatic carbocycles. The van der Waals surface area contributed by atoms with Gasteiger partial charge in [0, 0.05) is 18.5 Å². The monoisotopic (exact) mass is 229 g/mol. The fourth-order valence-electron chi connectivity index (χ4n) is 1.20. The molecule has 0 saturated carbocycles. The average molecular weight is 229 g/mol. The van der Waals surface area contributed by atoms with E-state index in [4.69, 9.17) is 5.73 Å². The van der Waals surface area contributed by atoms with Gasteiger partial charge in [0.1, 0.15) is 0 Å². The maximum atomic E-state index is 11.4. The molecule has 5 nitrogen and oxygen atoms in total. The van der Waals surface area contributed by atoms with E-state index in [2.05, 4.69) is 10.6 Å². The summed E-state index contributed by atoms with van der Waals surface area (Å²) in [5.41, 5.74) is 4.66. The Kier molecular flexibility index (Phi) is 6.03. The first kappa shape index (κ1) is 14.9. The van der Waals surface area contributed by atoms with Gasteiger partial charge in [-0.2, -0.15) is 0 Å². The Morgan fingerprint density at radius 2 is 1.88 bits per heavy atom. The van der Waals surface area contributed by atoms with Crippen LogP contribution in [0.25, 0.3) is 0 Å². The molecule has 0 heterocycles. The molecule has 0 rings (SSSR count). The van der Waals surface area contributed by atoms with Crippen molar-refractivity contribution in [3.8, 4) is 0 Å². The lowest BCUT2D eigenvalue weighted by Crippen LogP contribution is -2.47. The minimum atomic E-state index is -0.443. The summed E-state index contributed by atoms with van der Waals surface area (Å²) >= 11 is 0. The highest BCUT2D eigenvalue weighted by molar-refractivity contribution is 5.78. The molecule has 0 aromatic heterocycles. The first-order valence-corrected chi connectivity index (χ1v) is 5.53. The van der Waals surface area contributed by atoms with Crippen LogP contribution in [-0.2, 0) is 9.59 Å². The Morgan fingerprint density at radius 1 is 1.31 bits per heavy atom. The number of primary amides is 1. The number of nitrogens with one attached hydrogen (secondary N) is 2. The number of rotatable bonds is 7. The second kappa shape index (κ2) is 6.48. The van der Waals surface area contributed by atoms with Crippen molar-refractivity contribution in [1.82, 2.24) is 10.6 Å². The van der Waals surface area contributed by atoms with Crippen LogP contribution in [-0.4, -0.2) is 30.4 Å². The molecule has 94 valence electrons. The quantitative estimate of drug-likeness (QED) is 0.574. The van der Waals surface area contributed by atoms with Gasteiger partial charge in [-0.1, -0.05) is 13.8 Å². The molecule has 0 aliphatic heterocycles. The lowest BCUT2D eigenvalue weighted by Gasteiger charge is -2.24. The van der Waals surface area contributed by atoms with Crippen molar-refractivity contribution >= 4 is 11.8 Å². The first-order chi connectivity index (χ1) is 7.23. The Balaban J connectivity index is 3.86. The Hall–Kier alpha value is -1.10. The molecule has 0 aliphatic carbocycles. The van der Waals surface area contributed by atoms with Crippen LogP contribution < -0.4 is 16.4 Å². The molecule has 0 fully saturated rings. The van der Waals surface area contributed by atoms with Gasteiger partial charge < -0.3 is 16.4 Å². The maximum Gasteiger partial charge on any atom is 0.233 e. The van der Waals surface area contributed by atoms with Crippen molar-refractivity contribution in [2.75, 3.05) is 13.1 Å². The van der Waals surface area contributed by atoms with Crippen molar-refractivity contribution in [2.24, 2.45) is 11.7 Å². The molecule has 0 aromatic rings. The predicted octanol–water partition coefficient (Wildman–Crippen LogP) is 0.00220. The molecule has 2 amide bonds. The standard InChI is InChI=1S/C11H23N3O2/c1-8(2)6-13-10(16)7-14-11(3,4)5-9(12)15/h8,14H,5-7H2,1-4H3,(H2,12,15)(H,13,16). The number of hydrogen-bond donors (Lipinski definition) is 3. The first-order valence-electron chi connectivity index (χ1n) is 5.53. The van der Waals surface area contributed by atoms with Gasteiger partial charge in [0.25, 0.3) is 0 Å². The summed E-state index contributed by atoms with van der Waals surface area (Å²) in [7, 11) is 0. The normalized spacial score (nSPS) is 11.6. The van der Waals surface area contributed by atoms with E-state index in [9.17, 15) is 9.59 Å². The van der Waals surface area contributed by atoms with Crippen molar-refractivity contribution in [3.63, 3.8) is 0 Å². The number of nitrogens with two attached hydrogens (primary N) is 1. The molecule has 0 unspecified atom stereocenters. The molecule has 5 heteroatoms. The smallest absolute Gasteiger partial charge is 0.233 e. The van der Waals surface area contributed by atoms with Gasteiger partial charge in [-0.3, -0.25) is 9.59 Å². The Labute approximate surface area is 97.2 Å². The van der Waals surface area contributed by atoms with E-state index in [0.717, 1.165) is 0 Å². The van der Waals surface area contributed by atoms with Gasteiger partial charge in [0.2, 0.25) is 11.8 Å². The third-order valence-corrected chi connectivity index (χ3v) is 2.05. The summed E-state index contributed by atoms with van der Waals surface area (Å²) in [6, 6.07) is 0. The zero-order valence-corrected chi connectivity index (χ0v) is 10.6. The third-order valence-electron chi connectivity index (χ3n) is 2.05. The van der Waals surface area contributed by atoms with Crippen LogP contribution in [0, 0.1) is 5.92 Å². The minimum absolute atomic E-state index is 0.0637. The van der Waals surface area contributed by atoms with Gasteiger partial charge in [0.15, 0.2) is 0 Å². The van der Waals surface area contributed by atoms with Crippen LogP contribution in [0.2, 0.25) is 0 Å². The fourth-order valence-corrected chi connectivity index (χ4v) is 1.20. The third kappa shape index (κ3) is 8.23. The lowest BCUT2D eigenvalue weighted by atomic mass is 10.0. The highest BCUT2D eigenvalue weighted by atomic mass is 16.2. The molecular weight excluding hydrogens is 206 g/mol. The van der Waals surface area contributed by atoms with Gasteiger partial charge in [0.05, 0.1) is 6.54 Å². The lowest BCUT2D eigenvalue weighted by molar-refractivity contribution is -0.122. The second-order valence-corrected chi connectivity index (χ2v) is 5.08. The Morgan fingerprint density at radius 3 is 2.31 bits per heavy atom. The van der Waals surface area contributed by atoms with Gasteiger partial charge >= 0.3 is 0 Å². The van der Waals surface area contributed by atoms with Crippen molar-refractivity contribution < 1.29 is 9.59 Å².